The van der Waals surface area contributed by atoms with E-state index in [9.17, 15) is 0 Å². The highest BCUT2D eigenvalue weighted by atomic mass is 35.5. The molecule has 0 bridgehead atoms. The number of fused-ring (bicyclic) bond motifs is 1. The van der Waals surface area contributed by atoms with E-state index < -0.39 is 0 Å². The van der Waals surface area contributed by atoms with Crippen LogP contribution in [0.3, 0.4) is 0 Å². The van der Waals surface area contributed by atoms with Crippen LogP contribution in [0.2, 0.25) is 10.0 Å². The highest BCUT2D eigenvalue weighted by Gasteiger charge is 2.17. The third-order valence-corrected chi connectivity index (χ3v) is 3.33. The largest absolute Gasteiger partial charge is 0.299 e. The second-order valence-electron chi connectivity index (χ2n) is 3.64. The first kappa shape index (κ1) is 10.3. The van der Waals surface area contributed by atoms with Crippen LogP contribution >= 0.6 is 23.2 Å². The number of hydrogen-bond donors (Lipinski definition) is 0. The van der Waals surface area contributed by atoms with Gasteiger partial charge in [-0.25, -0.2) is 0 Å². The molecule has 1 aliphatic heterocycles. The van der Waals surface area contributed by atoms with Crippen LogP contribution in [0, 0.1) is 0 Å². The summed E-state index contributed by atoms with van der Waals surface area (Å²) in [5.74, 6) is 0. The quantitative estimate of drug-likeness (QED) is 0.714. The SMILES string of the molecule is CCN1CCc2c(Cl)cc(Cl)cc2C1. The topological polar surface area (TPSA) is 3.24 Å². The number of halogens is 2. The van der Waals surface area contributed by atoms with E-state index in [0.29, 0.717) is 0 Å². The zero-order valence-electron chi connectivity index (χ0n) is 8.19. The lowest BCUT2D eigenvalue weighted by atomic mass is 10.00. The molecule has 76 valence electrons. The number of benzene rings is 1. The van der Waals surface area contributed by atoms with Crippen molar-refractivity contribution in [3.63, 3.8) is 0 Å². The Balaban J connectivity index is 2.37. The van der Waals surface area contributed by atoms with Crippen LogP contribution in [-0.2, 0) is 13.0 Å². The lowest BCUT2D eigenvalue weighted by molar-refractivity contribution is 0.268. The third kappa shape index (κ3) is 1.90. The molecule has 0 aliphatic carbocycles. The minimum atomic E-state index is 0.742. The third-order valence-electron chi connectivity index (χ3n) is 2.77. The van der Waals surface area contributed by atoms with Crippen LogP contribution in [0.5, 0.6) is 0 Å². The van der Waals surface area contributed by atoms with E-state index >= 15 is 0 Å². The highest BCUT2D eigenvalue weighted by Crippen LogP contribution is 2.29. The molecular weight excluding hydrogens is 217 g/mol. The fourth-order valence-corrected chi connectivity index (χ4v) is 2.57. The van der Waals surface area contributed by atoms with E-state index in [1.54, 1.807) is 0 Å². The minimum Gasteiger partial charge on any atom is -0.299 e. The molecule has 0 saturated carbocycles. The van der Waals surface area contributed by atoms with Crippen LogP contribution in [0.1, 0.15) is 18.1 Å². The second kappa shape index (κ2) is 4.09. The lowest BCUT2D eigenvalue weighted by Gasteiger charge is -2.28. The summed E-state index contributed by atoms with van der Waals surface area (Å²) in [5.41, 5.74) is 2.57. The second-order valence-corrected chi connectivity index (χ2v) is 4.49. The van der Waals surface area contributed by atoms with Crippen molar-refractivity contribution in [3.8, 4) is 0 Å². The van der Waals surface area contributed by atoms with Crippen molar-refractivity contribution in [2.75, 3.05) is 13.1 Å². The van der Waals surface area contributed by atoms with Crippen LogP contribution in [0.15, 0.2) is 12.1 Å². The molecular formula is C11H13Cl2N. The Kier molecular flexibility index (Phi) is 3.01. The summed E-state index contributed by atoms with van der Waals surface area (Å²) >= 11 is 12.1. The van der Waals surface area contributed by atoms with Crippen molar-refractivity contribution in [1.82, 2.24) is 4.90 Å². The van der Waals surface area contributed by atoms with Crippen molar-refractivity contribution in [3.05, 3.63) is 33.3 Å². The average molecular weight is 230 g/mol. The van der Waals surface area contributed by atoms with Crippen molar-refractivity contribution >= 4 is 23.2 Å². The van der Waals surface area contributed by atoms with Gasteiger partial charge in [0.2, 0.25) is 0 Å². The number of rotatable bonds is 1. The maximum absolute atomic E-state index is 6.14. The van der Waals surface area contributed by atoms with Crippen molar-refractivity contribution in [1.29, 1.82) is 0 Å². The van der Waals surface area contributed by atoms with Gasteiger partial charge in [0, 0.05) is 23.1 Å². The Hall–Kier alpha value is -0.240. The van der Waals surface area contributed by atoms with Crippen molar-refractivity contribution in [2.45, 2.75) is 19.9 Å². The van der Waals surface area contributed by atoms with Gasteiger partial charge in [0.15, 0.2) is 0 Å². The Morgan fingerprint density at radius 3 is 2.86 bits per heavy atom. The summed E-state index contributed by atoms with van der Waals surface area (Å²) < 4.78 is 0. The van der Waals surface area contributed by atoms with Crippen molar-refractivity contribution in [2.24, 2.45) is 0 Å². The smallest absolute Gasteiger partial charge is 0.0456 e. The molecule has 0 spiro atoms. The van der Waals surface area contributed by atoms with E-state index in [-0.39, 0.29) is 0 Å². The zero-order valence-corrected chi connectivity index (χ0v) is 9.70. The van der Waals surface area contributed by atoms with Gasteiger partial charge in [0.25, 0.3) is 0 Å². The normalized spacial score (nSPS) is 16.8. The predicted molar refractivity (Wildman–Crippen MR) is 61.1 cm³/mol. The van der Waals surface area contributed by atoms with Gasteiger partial charge in [-0.15, -0.1) is 0 Å². The molecule has 2 rings (SSSR count). The molecule has 0 N–H and O–H groups in total. The standard InChI is InChI=1S/C11H13Cl2N/c1-2-14-4-3-10-8(7-14)5-9(12)6-11(10)13/h5-6H,2-4,7H2,1H3. The summed E-state index contributed by atoms with van der Waals surface area (Å²) in [6.07, 6.45) is 1.04. The molecule has 0 fully saturated rings. The summed E-state index contributed by atoms with van der Waals surface area (Å²) in [4.78, 5) is 2.40. The van der Waals surface area contributed by atoms with Crippen LogP contribution in [0.25, 0.3) is 0 Å². The molecule has 0 atom stereocenters. The zero-order chi connectivity index (χ0) is 10.1. The molecule has 1 aromatic carbocycles. The molecule has 1 aromatic rings. The highest BCUT2D eigenvalue weighted by molar-refractivity contribution is 6.35. The number of nitrogens with zero attached hydrogens (tertiary/aromatic N) is 1. The molecule has 0 unspecified atom stereocenters. The summed E-state index contributed by atoms with van der Waals surface area (Å²) in [7, 11) is 0. The molecule has 0 radical (unpaired) electrons. The first-order valence-corrected chi connectivity index (χ1v) is 5.65. The first-order chi connectivity index (χ1) is 6.70. The van der Waals surface area contributed by atoms with Gasteiger partial charge in [-0.2, -0.15) is 0 Å². The molecule has 3 heteroatoms. The summed E-state index contributed by atoms with van der Waals surface area (Å²) in [6.45, 7) is 5.34. The van der Waals surface area contributed by atoms with Crippen molar-refractivity contribution < 1.29 is 0 Å². The van der Waals surface area contributed by atoms with Gasteiger partial charge >= 0.3 is 0 Å². The Bertz CT molecular complexity index is 349. The van der Waals surface area contributed by atoms with E-state index in [2.05, 4.69) is 11.8 Å². The van der Waals surface area contributed by atoms with Crippen LogP contribution < -0.4 is 0 Å². The van der Waals surface area contributed by atoms with E-state index in [0.717, 1.165) is 36.1 Å². The summed E-state index contributed by atoms with van der Waals surface area (Å²) in [6, 6.07) is 3.87. The molecule has 0 amide bonds. The van der Waals surface area contributed by atoms with Crippen LogP contribution in [0.4, 0.5) is 0 Å². The minimum absolute atomic E-state index is 0.742. The number of hydrogen-bond acceptors (Lipinski definition) is 1. The molecule has 0 aromatic heterocycles. The maximum atomic E-state index is 6.14. The fraction of sp³-hybridized carbons (Fsp3) is 0.455. The van der Waals surface area contributed by atoms with Gasteiger partial charge in [-0.3, -0.25) is 4.90 Å². The Labute approximate surface area is 94.6 Å². The molecule has 1 nitrogen and oxygen atoms in total. The van der Waals surface area contributed by atoms with Gasteiger partial charge in [-0.05, 0) is 36.2 Å². The lowest BCUT2D eigenvalue weighted by Crippen LogP contribution is -2.30. The summed E-state index contributed by atoms with van der Waals surface area (Å²) in [5, 5.41) is 1.56. The number of likely N-dealkylation sites (N-methyl/N-ethyl adjacent to an activating group) is 1. The Morgan fingerprint density at radius 2 is 2.14 bits per heavy atom. The van der Waals surface area contributed by atoms with Gasteiger partial charge in [0.1, 0.15) is 0 Å². The molecule has 0 saturated heterocycles. The predicted octanol–water partition coefficient (Wildman–Crippen LogP) is 3.37. The molecule has 14 heavy (non-hydrogen) atoms. The fourth-order valence-electron chi connectivity index (χ4n) is 1.94. The van der Waals surface area contributed by atoms with E-state index in [4.69, 9.17) is 23.2 Å². The van der Waals surface area contributed by atoms with Gasteiger partial charge < -0.3 is 0 Å². The van der Waals surface area contributed by atoms with Crippen LogP contribution in [-0.4, -0.2) is 18.0 Å². The van der Waals surface area contributed by atoms with Gasteiger partial charge in [0.05, 0.1) is 0 Å². The molecule has 1 aliphatic rings. The monoisotopic (exact) mass is 229 g/mol. The first-order valence-electron chi connectivity index (χ1n) is 4.90. The molecule has 1 heterocycles. The maximum Gasteiger partial charge on any atom is 0.0456 e. The Morgan fingerprint density at radius 1 is 1.36 bits per heavy atom. The van der Waals surface area contributed by atoms with E-state index in [1.807, 2.05) is 12.1 Å². The van der Waals surface area contributed by atoms with E-state index in [1.165, 1.54) is 11.1 Å². The van der Waals surface area contributed by atoms with Gasteiger partial charge in [-0.1, -0.05) is 30.1 Å². The average Bonchev–Trinajstić information content (AvgIpc) is 2.16.